The van der Waals surface area contributed by atoms with Crippen LogP contribution in [0.4, 0.5) is 5.69 Å². The molecule has 1 atom stereocenters. The molecule has 3 aromatic carbocycles. The van der Waals surface area contributed by atoms with Gasteiger partial charge in [0.25, 0.3) is 0 Å². The van der Waals surface area contributed by atoms with Gasteiger partial charge in [-0.15, -0.1) is 0 Å². The number of hydrogen-bond donors (Lipinski definition) is 1. The molecule has 6 heteroatoms. The second kappa shape index (κ2) is 10.4. The number of nitriles is 1. The van der Waals surface area contributed by atoms with Gasteiger partial charge in [0.1, 0.15) is 5.75 Å². The maximum absolute atomic E-state index is 13.2. The van der Waals surface area contributed by atoms with Crippen molar-refractivity contribution in [1.82, 2.24) is 0 Å². The van der Waals surface area contributed by atoms with E-state index in [1.54, 1.807) is 45.6 Å². The van der Waals surface area contributed by atoms with Crippen molar-refractivity contribution in [3.8, 4) is 23.3 Å². The third-order valence-corrected chi connectivity index (χ3v) is 5.35. The minimum atomic E-state index is -0.388. The Morgan fingerprint density at radius 1 is 0.906 bits per heavy atom. The molecule has 0 saturated carbocycles. The highest BCUT2D eigenvalue weighted by atomic mass is 16.5. The van der Waals surface area contributed by atoms with Crippen molar-refractivity contribution in [2.24, 2.45) is 0 Å². The summed E-state index contributed by atoms with van der Waals surface area (Å²) in [6.45, 7) is 2.45. The van der Waals surface area contributed by atoms with E-state index in [2.05, 4.69) is 11.4 Å². The Balaban J connectivity index is 1.77. The Morgan fingerprint density at radius 3 is 2.22 bits per heavy atom. The van der Waals surface area contributed by atoms with Gasteiger partial charge in [-0.25, -0.2) is 0 Å². The largest absolute Gasteiger partial charge is 0.496 e. The van der Waals surface area contributed by atoms with Crippen LogP contribution in [0.15, 0.2) is 60.7 Å². The molecule has 3 rings (SSSR count). The van der Waals surface area contributed by atoms with Gasteiger partial charge in [0.05, 0.1) is 38.5 Å². The van der Waals surface area contributed by atoms with Gasteiger partial charge in [0, 0.05) is 24.2 Å². The number of carbonyl (C=O) groups excluding carboxylic acids is 1. The van der Waals surface area contributed by atoms with Gasteiger partial charge in [-0.3, -0.25) is 4.79 Å². The molecular weight excluding hydrogens is 404 g/mol. The fourth-order valence-corrected chi connectivity index (χ4v) is 3.41. The number of ether oxygens (including phenoxy) is 3. The number of carbonyl (C=O) groups is 1. The standard InChI is InChI=1S/C26H26N2O4/c1-17(20-9-12-23(30-2)25(13-20)32-4)26(29)22-11-10-21(14-24(22)31-3)28-16-19-7-5-18(15-27)6-8-19/h5-14,17,28H,16H2,1-4H3/t17-/m0/s1. The molecule has 0 radical (unpaired) electrons. The Hall–Kier alpha value is -3.98. The van der Waals surface area contributed by atoms with E-state index in [-0.39, 0.29) is 11.7 Å². The van der Waals surface area contributed by atoms with Gasteiger partial charge in [0.15, 0.2) is 17.3 Å². The van der Waals surface area contributed by atoms with Crippen LogP contribution in [0.25, 0.3) is 0 Å². The molecule has 0 heterocycles. The highest BCUT2D eigenvalue weighted by molar-refractivity contribution is 6.03. The second-order valence-electron chi connectivity index (χ2n) is 7.28. The molecule has 0 fully saturated rings. The summed E-state index contributed by atoms with van der Waals surface area (Å²) in [4.78, 5) is 13.2. The number of benzene rings is 3. The van der Waals surface area contributed by atoms with Gasteiger partial charge in [0.2, 0.25) is 0 Å². The molecule has 6 nitrogen and oxygen atoms in total. The zero-order valence-corrected chi connectivity index (χ0v) is 18.6. The number of nitrogens with zero attached hydrogens (tertiary/aromatic N) is 1. The van der Waals surface area contributed by atoms with Crippen LogP contribution in [0.2, 0.25) is 0 Å². The summed E-state index contributed by atoms with van der Waals surface area (Å²) in [5, 5.41) is 12.2. The number of rotatable bonds is 9. The zero-order chi connectivity index (χ0) is 23.1. The van der Waals surface area contributed by atoms with Gasteiger partial charge in [-0.05, 0) is 47.5 Å². The zero-order valence-electron chi connectivity index (χ0n) is 18.6. The van der Waals surface area contributed by atoms with Gasteiger partial charge in [-0.1, -0.05) is 25.1 Å². The van der Waals surface area contributed by atoms with E-state index in [0.29, 0.717) is 34.9 Å². The van der Waals surface area contributed by atoms with E-state index in [9.17, 15) is 4.79 Å². The monoisotopic (exact) mass is 430 g/mol. The van der Waals surface area contributed by atoms with E-state index in [4.69, 9.17) is 19.5 Å². The maximum atomic E-state index is 13.2. The summed E-state index contributed by atoms with van der Waals surface area (Å²) in [5.74, 6) is 1.27. The predicted molar refractivity (Wildman–Crippen MR) is 124 cm³/mol. The van der Waals surface area contributed by atoms with Crippen molar-refractivity contribution < 1.29 is 19.0 Å². The molecule has 0 bridgehead atoms. The third-order valence-electron chi connectivity index (χ3n) is 5.35. The van der Waals surface area contributed by atoms with E-state index >= 15 is 0 Å². The summed E-state index contributed by atoms with van der Waals surface area (Å²) in [7, 11) is 4.70. The highest BCUT2D eigenvalue weighted by Gasteiger charge is 2.22. The number of methoxy groups -OCH3 is 3. The lowest BCUT2D eigenvalue weighted by Gasteiger charge is -2.17. The van der Waals surface area contributed by atoms with Crippen molar-refractivity contribution in [1.29, 1.82) is 5.26 Å². The first-order valence-electron chi connectivity index (χ1n) is 10.2. The molecule has 0 amide bonds. The maximum Gasteiger partial charge on any atom is 0.173 e. The summed E-state index contributed by atoms with van der Waals surface area (Å²) < 4.78 is 16.2. The van der Waals surface area contributed by atoms with Crippen LogP contribution < -0.4 is 19.5 Å². The van der Waals surface area contributed by atoms with E-state index in [1.807, 2.05) is 43.3 Å². The minimum absolute atomic E-state index is 0.0484. The number of Topliss-reactive ketones (excluding diaryl/α,β-unsaturated/α-hetero) is 1. The van der Waals surface area contributed by atoms with Crippen LogP contribution in [0.1, 0.15) is 39.9 Å². The van der Waals surface area contributed by atoms with Crippen LogP contribution in [-0.4, -0.2) is 27.1 Å². The van der Waals surface area contributed by atoms with Crippen LogP contribution in [-0.2, 0) is 6.54 Å². The molecule has 0 unspecified atom stereocenters. The van der Waals surface area contributed by atoms with Crippen molar-refractivity contribution in [3.63, 3.8) is 0 Å². The molecule has 0 aromatic heterocycles. The third kappa shape index (κ3) is 5.01. The SMILES string of the molecule is COc1ccc([C@H](C)C(=O)c2ccc(NCc3ccc(C#N)cc3)cc2OC)cc1OC. The van der Waals surface area contributed by atoms with Crippen molar-refractivity contribution in [3.05, 3.63) is 82.9 Å². The molecule has 0 aliphatic carbocycles. The second-order valence-corrected chi connectivity index (χ2v) is 7.28. The average molecular weight is 431 g/mol. The molecule has 0 spiro atoms. The van der Waals surface area contributed by atoms with Crippen molar-refractivity contribution >= 4 is 11.5 Å². The molecular formula is C26H26N2O4. The molecule has 1 N–H and O–H groups in total. The Kier molecular flexibility index (Phi) is 7.35. The smallest absolute Gasteiger partial charge is 0.173 e. The van der Waals surface area contributed by atoms with Gasteiger partial charge >= 0.3 is 0 Å². The molecule has 3 aromatic rings. The fourth-order valence-electron chi connectivity index (χ4n) is 3.41. The van der Waals surface area contributed by atoms with Crippen molar-refractivity contribution in [2.75, 3.05) is 26.6 Å². The Morgan fingerprint density at radius 2 is 1.59 bits per heavy atom. The normalized spacial score (nSPS) is 11.2. The van der Waals surface area contributed by atoms with E-state index < -0.39 is 0 Å². The first-order chi connectivity index (χ1) is 15.5. The van der Waals surface area contributed by atoms with Crippen LogP contribution in [0.3, 0.4) is 0 Å². The first kappa shape index (κ1) is 22.7. The summed E-state index contributed by atoms with van der Waals surface area (Å²) in [6, 6.07) is 20.4. The number of hydrogen-bond acceptors (Lipinski definition) is 6. The molecule has 32 heavy (non-hydrogen) atoms. The van der Waals surface area contributed by atoms with Crippen LogP contribution in [0, 0.1) is 11.3 Å². The van der Waals surface area contributed by atoms with Gasteiger partial charge < -0.3 is 19.5 Å². The summed E-state index contributed by atoms with van der Waals surface area (Å²) >= 11 is 0. The molecule has 0 saturated heterocycles. The number of ketones is 1. The van der Waals surface area contributed by atoms with Gasteiger partial charge in [-0.2, -0.15) is 5.26 Å². The summed E-state index contributed by atoms with van der Waals surface area (Å²) in [6.07, 6.45) is 0. The average Bonchev–Trinajstić information content (AvgIpc) is 2.86. The predicted octanol–water partition coefficient (Wildman–Crippen LogP) is 5.18. The van der Waals surface area contributed by atoms with E-state index in [0.717, 1.165) is 16.8 Å². The Bertz CT molecular complexity index is 1130. The Labute approximate surface area is 188 Å². The lowest BCUT2D eigenvalue weighted by Crippen LogP contribution is -2.12. The molecule has 164 valence electrons. The fraction of sp³-hybridized carbons (Fsp3) is 0.231. The number of anilines is 1. The highest BCUT2D eigenvalue weighted by Crippen LogP contribution is 2.34. The molecule has 0 aliphatic heterocycles. The lowest BCUT2D eigenvalue weighted by atomic mass is 9.91. The first-order valence-corrected chi connectivity index (χ1v) is 10.2. The quantitative estimate of drug-likeness (QED) is 0.471. The van der Waals surface area contributed by atoms with Crippen LogP contribution in [0.5, 0.6) is 17.2 Å². The topological polar surface area (TPSA) is 80.6 Å². The summed E-state index contributed by atoms with van der Waals surface area (Å²) in [5.41, 5.74) is 3.85. The minimum Gasteiger partial charge on any atom is -0.496 e. The molecule has 0 aliphatic rings. The number of nitrogens with one attached hydrogen (secondary N) is 1. The van der Waals surface area contributed by atoms with Crippen molar-refractivity contribution in [2.45, 2.75) is 19.4 Å². The lowest BCUT2D eigenvalue weighted by molar-refractivity contribution is 0.0963. The van der Waals surface area contributed by atoms with E-state index in [1.165, 1.54) is 0 Å². The van der Waals surface area contributed by atoms with Crippen LogP contribution >= 0.6 is 0 Å².